The topological polar surface area (TPSA) is 94.3 Å². The van der Waals surface area contributed by atoms with Crippen molar-refractivity contribution in [3.05, 3.63) is 106 Å². The first kappa shape index (κ1) is 21.7. The third-order valence-electron chi connectivity index (χ3n) is 5.42. The van der Waals surface area contributed by atoms with Gasteiger partial charge in [-0.05, 0) is 50.1 Å². The Morgan fingerprint density at radius 2 is 1.52 bits per heavy atom. The number of amides is 2. The van der Waals surface area contributed by atoms with Gasteiger partial charge in [0.1, 0.15) is 17.5 Å². The number of nitriles is 1. The molecule has 0 saturated heterocycles. The van der Waals surface area contributed by atoms with Crippen LogP contribution in [0.4, 0.5) is 5.69 Å². The molecule has 0 aromatic heterocycles. The van der Waals surface area contributed by atoms with Gasteiger partial charge in [0.05, 0.1) is 5.70 Å². The minimum atomic E-state index is -0.550. The van der Waals surface area contributed by atoms with Crippen LogP contribution in [0.2, 0.25) is 0 Å². The summed E-state index contributed by atoms with van der Waals surface area (Å²) in [5.74, 6) is -0.563. The van der Waals surface area contributed by atoms with Crippen molar-refractivity contribution in [2.45, 2.75) is 20.8 Å². The van der Waals surface area contributed by atoms with E-state index in [1.165, 1.54) is 0 Å². The molecule has 3 aromatic carbocycles. The summed E-state index contributed by atoms with van der Waals surface area (Å²) in [6.45, 7) is 5.76. The number of nitrogens with one attached hydrogen (secondary N) is 2. The van der Waals surface area contributed by atoms with Crippen molar-refractivity contribution in [2.24, 2.45) is 4.99 Å². The van der Waals surface area contributed by atoms with Gasteiger partial charge in [-0.3, -0.25) is 9.59 Å². The lowest BCUT2D eigenvalue weighted by Gasteiger charge is -2.09. The highest BCUT2D eigenvalue weighted by atomic mass is 16.2. The fourth-order valence-electron chi connectivity index (χ4n) is 3.57. The van der Waals surface area contributed by atoms with Crippen LogP contribution < -0.4 is 10.6 Å². The Balaban J connectivity index is 1.70. The molecule has 1 heterocycles. The molecule has 33 heavy (non-hydrogen) atoms. The van der Waals surface area contributed by atoms with Crippen molar-refractivity contribution in [2.75, 3.05) is 5.32 Å². The number of aryl methyl sites for hydroxylation is 3. The summed E-state index contributed by atoms with van der Waals surface area (Å²) >= 11 is 0. The van der Waals surface area contributed by atoms with E-state index < -0.39 is 5.91 Å². The van der Waals surface area contributed by atoms with Gasteiger partial charge in [0.2, 0.25) is 0 Å². The summed E-state index contributed by atoms with van der Waals surface area (Å²) < 4.78 is 0. The number of fused-ring (bicyclic) bond motifs is 1. The van der Waals surface area contributed by atoms with Crippen LogP contribution in [0.1, 0.15) is 38.2 Å². The van der Waals surface area contributed by atoms with Gasteiger partial charge in [-0.25, -0.2) is 4.99 Å². The molecule has 3 aromatic rings. The normalized spacial score (nSPS) is 13.5. The van der Waals surface area contributed by atoms with E-state index in [1.54, 1.807) is 30.3 Å². The maximum atomic E-state index is 13.0. The molecule has 0 spiro atoms. The second-order valence-electron chi connectivity index (χ2n) is 7.93. The van der Waals surface area contributed by atoms with E-state index in [4.69, 9.17) is 0 Å². The fourth-order valence-corrected chi connectivity index (χ4v) is 3.57. The monoisotopic (exact) mass is 434 g/mol. The quantitative estimate of drug-likeness (QED) is 0.463. The number of hydrogen-bond donors (Lipinski definition) is 2. The third-order valence-corrected chi connectivity index (χ3v) is 5.42. The van der Waals surface area contributed by atoms with Crippen LogP contribution in [0, 0.1) is 32.1 Å². The number of carbonyl (C=O) groups excluding carboxylic acids is 2. The van der Waals surface area contributed by atoms with Crippen molar-refractivity contribution in [3.63, 3.8) is 0 Å². The maximum Gasteiger partial charge on any atom is 0.268 e. The molecule has 0 atom stereocenters. The smallest absolute Gasteiger partial charge is 0.268 e. The molecule has 162 valence electrons. The highest BCUT2D eigenvalue weighted by Gasteiger charge is 2.27. The molecule has 1 aliphatic rings. The molecule has 2 amide bonds. The standard InChI is InChI=1S/C27H22N4O2/c1-16-9-12-19(13-10-16)26(32)31-25-21-7-5-4-6-20(21)24(30-25)22(15-28)27(33)29-23-14-17(2)8-11-18(23)3/h4-14H,1-3H3,(H,29,33)(H,30,31,32)/b24-22-. The zero-order valence-corrected chi connectivity index (χ0v) is 18.6. The Morgan fingerprint density at radius 1 is 0.848 bits per heavy atom. The van der Waals surface area contributed by atoms with Crippen molar-refractivity contribution < 1.29 is 9.59 Å². The first-order chi connectivity index (χ1) is 15.9. The fraction of sp³-hybridized carbons (Fsp3) is 0.111. The zero-order chi connectivity index (χ0) is 23.5. The van der Waals surface area contributed by atoms with Crippen LogP contribution in [0.25, 0.3) is 5.70 Å². The molecule has 0 bridgehead atoms. The lowest BCUT2D eigenvalue weighted by molar-refractivity contribution is -0.112. The van der Waals surface area contributed by atoms with E-state index in [0.717, 1.165) is 16.7 Å². The van der Waals surface area contributed by atoms with Gasteiger partial charge in [0, 0.05) is 22.4 Å². The lowest BCUT2D eigenvalue weighted by atomic mass is 10.0. The molecule has 6 heteroatoms. The van der Waals surface area contributed by atoms with Crippen molar-refractivity contribution in [1.29, 1.82) is 5.26 Å². The predicted octanol–water partition coefficient (Wildman–Crippen LogP) is 4.68. The molecule has 4 rings (SSSR count). The second kappa shape index (κ2) is 8.93. The van der Waals surface area contributed by atoms with Gasteiger partial charge in [-0.2, -0.15) is 5.26 Å². The number of hydrogen-bond acceptors (Lipinski definition) is 4. The highest BCUT2D eigenvalue weighted by molar-refractivity contribution is 6.21. The maximum absolute atomic E-state index is 13.0. The summed E-state index contributed by atoms with van der Waals surface area (Å²) in [4.78, 5) is 30.3. The van der Waals surface area contributed by atoms with Crippen LogP contribution in [-0.2, 0) is 4.79 Å². The van der Waals surface area contributed by atoms with Gasteiger partial charge in [-0.1, -0.05) is 54.1 Å². The van der Waals surface area contributed by atoms with Gasteiger partial charge in [0.15, 0.2) is 0 Å². The van der Waals surface area contributed by atoms with Crippen molar-refractivity contribution in [3.8, 4) is 6.07 Å². The Hall–Kier alpha value is -4.50. The van der Waals surface area contributed by atoms with Crippen LogP contribution in [0.15, 0.2) is 77.3 Å². The lowest BCUT2D eigenvalue weighted by Crippen LogP contribution is -2.30. The van der Waals surface area contributed by atoms with Crippen LogP contribution in [0.5, 0.6) is 0 Å². The number of rotatable bonds is 3. The molecular weight excluding hydrogens is 412 g/mol. The van der Waals surface area contributed by atoms with Gasteiger partial charge in [0.25, 0.3) is 11.8 Å². The summed E-state index contributed by atoms with van der Waals surface area (Å²) in [6, 6.07) is 22.1. The van der Waals surface area contributed by atoms with Crippen LogP contribution in [-0.4, -0.2) is 17.6 Å². The molecule has 2 N–H and O–H groups in total. The molecule has 0 radical (unpaired) electrons. The van der Waals surface area contributed by atoms with Gasteiger partial charge < -0.3 is 10.6 Å². The molecule has 0 aliphatic carbocycles. The van der Waals surface area contributed by atoms with E-state index in [9.17, 15) is 14.9 Å². The number of aliphatic imine (C=N–C) groups is 1. The first-order valence-electron chi connectivity index (χ1n) is 10.5. The third kappa shape index (κ3) is 4.43. The number of amidine groups is 1. The van der Waals surface area contributed by atoms with Crippen LogP contribution in [0.3, 0.4) is 0 Å². The predicted molar refractivity (Wildman–Crippen MR) is 129 cm³/mol. The summed E-state index contributed by atoms with van der Waals surface area (Å²) in [7, 11) is 0. The average molecular weight is 434 g/mol. The summed E-state index contributed by atoms with van der Waals surface area (Å²) in [5, 5.41) is 15.5. The minimum Gasteiger partial charge on any atom is -0.321 e. The van der Waals surface area contributed by atoms with Gasteiger partial charge >= 0.3 is 0 Å². The SMILES string of the molecule is Cc1ccc(C(=O)NC2=N/C(=C(/C#N)C(=O)Nc3cc(C)ccc3C)c3ccccc32)cc1. The minimum absolute atomic E-state index is 0.122. The van der Waals surface area contributed by atoms with Crippen molar-refractivity contribution in [1.82, 2.24) is 5.32 Å². The molecule has 0 unspecified atom stereocenters. The Morgan fingerprint density at radius 3 is 2.21 bits per heavy atom. The summed E-state index contributed by atoms with van der Waals surface area (Å²) in [5.41, 5.74) is 5.43. The molecule has 6 nitrogen and oxygen atoms in total. The number of benzene rings is 3. The number of carbonyl (C=O) groups is 2. The van der Waals surface area contributed by atoms with E-state index in [2.05, 4.69) is 15.6 Å². The van der Waals surface area contributed by atoms with E-state index in [0.29, 0.717) is 28.2 Å². The van der Waals surface area contributed by atoms with E-state index >= 15 is 0 Å². The Labute approximate surface area is 192 Å². The Bertz CT molecular complexity index is 1380. The summed E-state index contributed by atoms with van der Waals surface area (Å²) in [6.07, 6.45) is 0. The molecule has 0 saturated carbocycles. The largest absolute Gasteiger partial charge is 0.321 e. The van der Waals surface area contributed by atoms with E-state index in [1.807, 2.05) is 63.2 Å². The molecular formula is C27H22N4O2. The van der Waals surface area contributed by atoms with Gasteiger partial charge in [-0.15, -0.1) is 0 Å². The number of nitrogens with zero attached hydrogens (tertiary/aromatic N) is 2. The van der Waals surface area contributed by atoms with Crippen LogP contribution >= 0.6 is 0 Å². The highest BCUT2D eigenvalue weighted by Crippen LogP contribution is 2.31. The van der Waals surface area contributed by atoms with E-state index in [-0.39, 0.29) is 17.2 Å². The molecule has 0 fully saturated rings. The molecule has 1 aliphatic heterocycles. The number of anilines is 1. The first-order valence-corrected chi connectivity index (χ1v) is 10.5. The van der Waals surface area contributed by atoms with Crippen molar-refractivity contribution >= 4 is 29.0 Å². The second-order valence-corrected chi connectivity index (χ2v) is 7.93. The zero-order valence-electron chi connectivity index (χ0n) is 18.6. The Kier molecular flexibility index (Phi) is 5.88. The average Bonchev–Trinajstić information content (AvgIpc) is 3.15.